The summed E-state index contributed by atoms with van der Waals surface area (Å²) in [5, 5.41) is 2.36. The number of hydrogen-bond donors (Lipinski definition) is 0. The monoisotopic (exact) mass is 818 g/mol. The summed E-state index contributed by atoms with van der Waals surface area (Å²) in [5.41, 5.74) is 12.5. The maximum absolute atomic E-state index is 6.73. The van der Waals surface area contributed by atoms with Crippen molar-refractivity contribution in [2.75, 3.05) is 0 Å². The van der Waals surface area contributed by atoms with Crippen molar-refractivity contribution in [1.29, 1.82) is 0 Å². The Bertz CT molecular complexity index is 3170. The van der Waals surface area contributed by atoms with Crippen molar-refractivity contribution in [2.24, 2.45) is 0 Å². The molecule has 0 radical (unpaired) electrons. The van der Waals surface area contributed by atoms with Gasteiger partial charge in [0.1, 0.15) is 17.3 Å². The van der Waals surface area contributed by atoms with Gasteiger partial charge in [0.25, 0.3) is 6.33 Å². The summed E-state index contributed by atoms with van der Waals surface area (Å²) < 4.78 is 13.1. The minimum absolute atomic E-state index is 0.00372. The molecule has 0 amide bonds. The number of benzene rings is 7. The van der Waals surface area contributed by atoms with Crippen molar-refractivity contribution in [3.8, 4) is 50.9 Å². The molecule has 0 saturated heterocycles. The highest BCUT2D eigenvalue weighted by Gasteiger charge is 2.23. The molecule has 0 spiro atoms. The molecule has 63 heavy (non-hydrogen) atoms. The molecule has 10 aromatic rings. The lowest BCUT2D eigenvalue weighted by atomic mass is 9.79. The van der Waals surface area contributed by atoms with Gasteiger partial charge in [0, 0.05) is 35.4 Å². The van der Waals surface area contributed by atoms with Crippen LogP contribution in [0.25, 0.3) is 61.3 Å². The van der Waals surface area contributed by atoms with Crippen LogP contribution >= 0.6 is 0 Å². The van der Waals surface area contributed by atoms with Gasteiger partial charge < -0.3 is 4.74 Å². The maximum Gasteiger partial charge on any atom is 0.268 e. The number of fused-ring (bicyclic) bond motifs is 3. The van der Waals surface area contributed by atoms with Crippen LogP contribution in [-0.2, 0) is 17.3 Å². The fraction of sp³-hybridized carbons (Fsp3) is 0.138. The van der Waals surface area contributed by atoms with Gasteiger partial charge in [-0.3, -0.25) is 13.7 Å². The Morgan fingerprint density at radius 1 is 0.571 bits per heavy atom. The third-order valence-electron chi connectivity index (χ3n) is 12.2. The Hall–Kier alpha value is -7.50. The van der Waals surface area contributed by atoms with Crippen LogP contribution in [0.5, 0.6) is 11.5 Å². The van der Waals surface area contributed by atoms with Crippen molar-refractivity contribution in [3.63, 3.8) is 0 Å². The van der Waals surface area contributed by atoms with Crippen LogP contribution < -0.4 is 9.30 Å². The molecule has 0 bridgehead atoms. The van der Waals surface area contributed by atoms with Crippen molar-refractivity contribution < 1.29 is 9.30 Å². The predicted molar refractivity (Wildman–Crippen MR) is 258 cm³/mol. The van der Waals surface area contributed by atoms with Gasteiger partial charge >= 0.3 is 0 Å². The molecule has 0 unspecified atom stereocenters. The summed E-state index contributed by atoms with van der Waals surface area (Å²) in [4.78, 5) is 5.00. The number of rotatable bonds is 10. The van der Waals surface area contributed by atoms with Gasteiger partial charge in [-0.25, -0.2) is 4.98 Å². The molecule has 3 aromatic heterocycles. The first kappa shape index (κ1) is 39.6. The molecule has 3 heterocycles. The second kappa shape index (κ2) is 16.1. The third kappa shape index (κ3) is 7.83. The van der Waals surface area contributed by atoms with Crippen LogP contribution in [0.1, 0.15) is 51.3 Å². The standard InChI is InChI=1S/C58H50N4O/c1-57(2,3)45-27-30-53-52(36-45)51-29-28-48(38-54(51)62(53)55-35-41(31-32-59-55)39-58(4,5)44-21-13-8-14-22-44)63-47-24-15-23-46(37-47)60-33-34-61(40-60)56-49(42-17-9-6-10-18-42)25-16-26-50(56)43-19-11-7-12-20-43/h6-38H,39H2,1-5H3. The van der Waals surface area contributed by atoms with Crippen LogP contribution in [0.15, 0.2) is 201 Å². The largest absolute Gasteiger partial charge is 0.458 e. The highest BCUT2D eigenvalue weighted by atomic mass is 16.5. The molecule has 0 atom stereocenters. The van der Waals surface area contributed by atoms with Crippen molar-refractivity contribution in [2.45, 2.75) is 51.9 Å². The van der Waals surface area contributed by atoms with E-state index >= 15 is 0 Å². The minimum Gasteiger partial charge on any atom is -0.458 e. The van der Waals surface area contributed by atoms with Gasteiger partial charge in [0.05, 0.1) is 22.4 Å². The first-order chi connectivity index (χ1) is 30.6. The molecule has 0 aliphatic carbocycles. The van der Waals surface area contributed by atoms with E-state index in [4.69, 9.17) is 9.72 Å². The van der Waals surface area contributed by atoms with E-state index in [2.05, 4.69) is 226 Å². The number of hydrogen-bond acceptors (Lipinski definition) is 2. The predicted octanol–water partition coefficient (Wildman–Crippen LogP) is 14.0. The number of nitrogens with zero attached hydrogens (tertiary/aromatic N) is 4. The Kier molecular flexibility index (Phi) is 10.1. The van der Waals surface area contributed by atoms with Crippen molar-refractivity contribution in [3.05, 3.63) is 224 Å². The average molecular weight is 819 g/mol. The second-order valence-corrected chi connectivity index (χ2v) is 18.1. The Balaban J connectivity index is 1.01. The minimum atomic E-state index is -0.0473. The number of para-hydroxylation sites is 1. The highest BCUT2D eigenvalue weighted by Crippen LogP contribution is 2.39. The zero-order valence-electron chi connectivity index (χ0n) is 36.5. The van der Waals surface area contributed by atoms with E-state index in [-0.39, 0.29) is 10.8 Å². The third-order valence-corrected chi connectivity index (χ3v) is 12.2. The van der Waals surface area contributed by atoms with E-state index in [1.165, 1.54) is 22.1 Å². The summed E-state index contributed by atoms with van der Waals surface area (Å²) in [6, 6.07) is 64.2. The van der Waals surface area contributed by atoms with Crippen LogP contribution in [0.3, 0.4) is 0 Å². The molecule has 5 heteroatoms. The molecule has 0 saturated carbocycles. The molecule has 0 aliphatic rings. The fourth-order valence-corrected chi connectivity index (χ4v) is 8.89. The van der Waals surface area contributed by atoms with Crippen LogP contribution in [-0.4, -0.2) is 14.1 Å². The second-order valence-electron chi connectivity index (χ2n) is 18.1. The SMILES string of the molecule is CC(C)(C)c1ccc2c(c1)c1ccc(Oc3cccc(-n4[c-][n+](-c5c(-c6ccccc6)cccc5-c5ccccc5)cc4)c3)cc1n2-c1cc(CC(C)(C)c2ccccc2)ccn1. The van der Waals surface area contributed by atoms with Gasteiger partial charge in [0.15, 0.2) is 0 Å². The van der Waals surface area contributed by atoms with Crippen LogP contribution in [0.4, 0.5) is 0 Å². The molecular formula is C58H50N4O. The molecule has 7 aromatic carbocycles. The van der Waals surface area contributed by atoms with E-state index in [1.54, 1.807) is 0 Å². The average Bonchev–Trinajstić information content (AvgIpc) is 3.93. The molecule has 0 N–H and O–H groups in total. The zero-order chi connectivity index (χ0) is 43.1. The van der Waals surface area contributed by atoms with E-state index in [0.717, 1.165) is 73.8 Å². The molecule has 5 nitrogen and oxygen atoms in total. The van der Waals surface area contributed by atoms with Gasteiger partial charge in [-0.15, -0.1) is 0 Å². The smallest absolute Gasteiger partial charge is 0.268 e. The maximum atomic E-state index is 6.73. The molecule has 308 valence electrons. The molecule has 0 aliphatic heterocycles. The first-order valence-electron chi connectivity index (χ1n) is 21.7. The quantitative estimate of drug-likeness (QED) is 0.102. The lowest BCUT2D eigenvalue weighted by Gasteiger charge is -2.25. The van der Waals surface area contributed by atoms with E-state index in [9.17, 15) is 0 Å². The van der Waals surface area contributed by atoms with Gasteiger partial charge in [-0.05, 0) is 111 Å². The van der Waals surface area contributed by atoms with Gasteiger partial charge in [-0.2, -0.15) is 0 Å². The lowest BCUT2D eigenvalue weighted by molar-refractivity contribution is -0.598. The van der Waals surface area contributed by atoms with Crippen molar-refractivity contribution in [1.82, 2.24) is 14.1 Å². The lowest BCUT2D eigenvalue weighted by Crippen LogP contribution is -2.30. The fourth-order valence-electron chi connectivity index (χ4n) is 8.89. The summed E-state index contributed by atoms with van der Waals surface area (Å²) in [6.45, 7) is 11.4. The van der Waals surface area contributed by atoms with Crippen LogP contribution in [0, 0.1) is 6.33 Å². The Morgan fingerprint density at radius 3 is 1.94 bits per heavy atom. The van der Waals surface area contributed by atoms with Gasteiger partial charge in [0.2, 0.25) is 0 Å². The summed E-state index contributed by atoms with van der Waals surface area (Å²) >= 11 is 0. The van der Waals surface area contributed by atoms with E-state index < -0.39 is 0 Å². The molecular weight excluding hydrogens is 769 g/mol. The Labute approximate surface area is 370 Å². The number of imidazole rings is 1. The Morgan fingerprint density at radius 2 is 1.24 bits per heavy atom. The van der Waals surface area contributed by atoms with E-state index in [1.807, 2.05) is 29.1 Å². The highest BCUT2D eigenvalue weighted by molar-refractivity contribution is 6.09. The van der Waals surface area contributed by atoms with Gasteiger partial charge in [-0.1, -0.05) is 156 Å². The van der Waals surface area contributed by atoms with Crippen molar-refractivity contribution >= 4 is 21.8 Å². The zero-order valence-corrected chi connectivity index (χ0v) is 36.5. The number of pyridine rings is 1. The number of aromatic nitrogens is 4. The first-order valence-corrected chi connectivity index (χ1v) is 21.7. The topological polar surface area (TPSA) is 35.9 Å². The normalized spacial score (nSPS) is 12.0. The summed E-state index contributed by atoms with van der Waals surface area (Å²) in [7, 11) is 0. The number of ether oxygens (including phenoxy) is 1. The summed E-state index contributed by atoms with van der Waals surface area (Å²) in [6.07, 6.45) is 10.6. The summed E-state index contributed by atoms with van der Waals surface area (Å²) in [5.74, 6) is 2.37. The van der Waals surface area contributed by atoms with E-state index in [0.29, 0.717) is 0 Å². The molecule has 10 rings (SSSR count). The molecule has 0 fully saturated rings. The van der Waals surface area contributed by atoms with Crippen LogP contribution in [0.2, 0.25) is 0 Å².